The van der Waals surface area contributed by atoms with Crippen molar-refractivity contribution >= 4 is 5.91 Å². The van der Waals surface area contributed by atoms with Crippen molar-refractivity contribution in [2.24, 2.45) is 11.8 Å². The number of hydrogen-bond donors (Lipinski definition) is 1. The second-order valence-corrected chi connectivity index (χ2v) is 6.10. The third-order valence-corrected chi connectivity index (χ3v) is 4.65. The zero-order valence-electron chi connectivity index (χ0n) is 12.1. The fourth-order valence-electron chi connectivity index (χ4n) is 3.65. The van der Waals surface area contributed by atoms with Crippen molar-refractivity contribution in [3.63, 3.8) is 0 Å². The van der Waals surface area contributed by atoms with Crippen molar-refractivity contribution in [3.05, 3.63) is 35.9 Å². The van der Waals surface area contributed by atoms with Gasteiger partial charge in [-0.15, -0.1) is 0 Å². The Bertz CT molecular complexity index is 532. The minimum absolute atomic E-state index is 0.109. The van der Waals surface area contributed by atoms with Crippen LogP contribution in [0.4, 0.5) is 13.2 Å². The summed E-state index contributed by atoms with van der Waals surface area (Å²) >= 11 is 0. The predicted octanol–water partition coefficient (Wildman–Crippen LogP) is 2.75. The molecule has 6 heteroatoms. The molecule has 1 aromatic carbocycles. The average Bonchev–Trinajstić information content (AvgIpc) is 3.05. The number of rotatable bonds is 3. The molecule has 2 aliphatic heterocycles. The Balaban J connectivity index is 1.78. The highest BCUT2D eigenvalue weighted by Crippen LogP contribution is 2.43. The van der Waals surface area contributed by atoms with Crippen molar-refractivity contribution < 1.29 is 18.0 Å². The van der Waals surface area contributed by atoms with Crippen LogP contribution in [0.3, 0.4) is 0 Å². The molecule has 2 fully saturated rings. The lowest BCUT2D eigenvalue weighted by Gasteiger charge is -2.28. The van der Waals surface area contributed by atoms with Crippen LogP contribution in [0.15, 0.2) is 30.3 Å². The molecule has 22 heavy (non-hydrogen) atoms. The van der Waals surface area contributed by atoms with E-state index < -0.39 is 19.0 Å². The minimum Gasteiger partial charge on any atom is -0.335 e. The molecule has 0 spiro atoms. The van der Waals surface area contributed by atoms with E-state index in [9.17, 15) is 18.0 Å². The van der Waals surface area contributed by atoms with Crippen LogP contribution in [0.1, 0.15) is 24.4 Å². The number of likely N-dealkylation sites (tertiary alicyclic amines) is 1. The van der Waals surface area contributed by atoms with Crippen LogP contribution in [0, 0.1) is 11.8 Å². The highest BCUT2D eigenvalue weighted by molar-refractivity contribution is 5.77. The third-order valence-electron chi connectivity index (χ3n) is 4.65. The SMILES string of the molecule is O=C(CCC(F)(F)F)N1C[C@@H]2CNC[C@@H]2[C@H]1c1ccccc1. The van der Waals surface area contributed by atoms with Gasteiger partial charge in [0.2, 0.25) is 5.91 Å². The summed E-state index contributed by atoms with van der Waals surface area (Å²) in [6.07, 6.45) is -5.79. The van der Waals surface area contributed by atoms with E-state index in [1.54, 1.807) is 4.90 Å². The van der Waals surface area contributed by atoms with Crippen LogP contribution in [-0.2, 0) is 4.79 Å². The molecule has 0 bridgehead atoms. The maximum atomic E-state index is 12.4. The lowest BCUT2D eigenvalue weighted by molar-refractivity contribution is -0.149. The summed E-state index contributed by atoms with van der Waals surface area (Å²) in [5.41, 5.74) is 1.01. The number of carbonyl (C=O) groups excluding carboxylic acids is 1. The first-order valence-electron chi connectivity index (χ1n) is 7.57. The number of fused-ring (bicyclic) bond motifs is 1. The Kier molecular flexibility index (Phi) is 4.12. The number of nitrogens with zero attached hydrogens (tertiary/aromatic N) is 1. The third kappa shape index (κ3) is 3.11. The molecule has 1 N–H and O–H groups in total. The molecule has 0 aliphatic carbocycles. The van der Waals surface area contributed by atoms with Crippen LogP contribution < -0.4 is 5.32 Å². The number of halogens is 3. The summed E-state index contributed by atoms with van der Waals surface area (Å²) in [7, 11) is 0. The largest absolute Gasteiger partial charge is 0.389 e. The van der Waals surface area contributed by atoms with Gasteiger partial charge in [-0.2, -0.15) is 13.2 Å². The topological polar surface area (TPSA) is 32.3 Å². The van der Waals surface area contributed by atoms with E-state index in [-0.39, 0.29) is 17.9 Å². The highest BCUT2D eigenvalue weighted by Gasteiger charge is 2.46. The molecule has 0 radical (unpaired) electrons. The maximum absolute atomic E-state index is 12.4. The number of alkyl halides is 3. The second-order valence-electron chi connectivity index (χ2n) is 6.10. The fourth-order valence-corrected chi connectivity index (χ4v) is 3.65. The van der Waals surface area contributed by atoms with Crippen molar-refractivity contribution in [2.75, 3.05) is 19.6 Å². The minimum atomic E-state index is -4.28. The van der Waals surface area contributed by atoms with E-state index in [0.717, 1.165) is 18.7 Å². The van der Waals surface area contributed by atoms with Gasteiger partial charge in [0, 0.05) is 32.0 Å². The molecular weight excluding hydrogens is 293 g/mol. The maximum Gasteiger partial charge on any atom is 0.389 e. The number of amides is 1. The summed E-state index contributed by atoms with van der Waals surface area (Å²) in [6.45, 7) is 2.19. The molecular formula is C16H19F3N2O. The summed E-state index contributed by atoms with van der Waals surface area (Å²) in [5, 5.41) is 3.32. The molecule has 2 heterocycles. The van der Waals surface area contributed by atoms with Crippen LogP contribution in [-0.4, -0.2) is 36.6 Å². The van der Waals surface area contributed by atoms with Crippen molar-refractivity contribution in [2.45, 2.75) is 25.1 Å². The zero-order valence-corrected chi connectivity index (χ0v) is 12.1. The normalized spacial score (nSPS) is 28.0. The Hall–Kier alpha value is -1.56. The van der Waals surface area contributed by atoms with Gasteiger partial charge in [-0.3, -0.25) is 4.79 Å². The Labute approximate surface area is 127 Å². The standard InChI is InChI=1S/C16H19F3N2O/c17-16(18,19)7-6-14(22)21-10-12-8-20-9-13(12)15(21)11-4-2-1-3-5-11/h1-5,12-13,15,20H,6-10H2/t12-,13-,15+/m0/s1. The van der Waals surface area contributed by atoms with Crippen LogP contribution >= 0.6 is 0 Å². The molecule has 1 amide bonds. The Morgan fingerprint density at radius 1 is 1.23 bits per heavy atom. The summed E-state index contributed by atoms with van der Waals surface area (Å²) in [5.74, 6) is 0.234. The number of benzene rings is 1. The molecule has 0 saturated carbocycles. The van der Waals surface area contributed by atoms with Gasteiger partial charge in [0.15, 0.2) is 0 Å². The zero-order chi connectivity index (χ0) is 15.7. The van der Waals surface area contributed by atoms with Gasteiger partial charge in [-0.25, -0.2) is 0 Å². The Morgan fingerprint density at radius 3 is 2.64 bits per heavy atom. The van der Waals surface area contributed by atoms with E-state index in [1.807, 2.05) is 30.3 Å². The molecule has 3 rings (SSSR count). The predicted molar refractivity (Wildman–Crippen MR) is 76.0 cm³/mol. The average molecular weight is 312 g/mol. The smallest absolute Gasteiger partial charge is 0.335 e. The van der Waals surface area contributed by atoms with Gasteiger partial charge in [-0.1, -0.05) is 30.3 Å². The van der Waals surface area contributed by atoms with Gasteiger partial charge < -0.3 is 10.2 Å². The van der Waals surface area contributed by atoms with Crippen molar-refractivity contribution in [1.29, 1.82) is 0 Å². The van der Waals surface area contributed by atoms with E-state index in [4.69, 9.17) is 0 Å². The van der Waals surface area contributed by atoms with Gasteiger partial charge in [0.25, 0.3) is 0 Å². The highest BCUT2D eigenvalue weighted by atomic mass is 19.4. The van der Waals surface area contributed by atoms with Gasteiger partial charge >= 0.3 is 6.18 Å². The number of nitrogens with one attached hydrogen (secondary N) is 1. The Morgan fingerprint density at radius 2 is 1.95 bits per heavy atom. The van der Waals surface area contributed by atoms with E-state index in [1.165, 1.54) is 0 Å². The molecule has 3 atom stereocenters. The van der Waals surface area contributed by atoms with Crippen LogP contribution in [0.2, 0.25) is 0 Å². The molecule has 0 aromatic heterocycles. The molecule has 2 saturated heterocycles. The second kappa shape index (κ2) is 5.91. The number of carbonyl (C=O) groups is 1. The quantitative estimate of drug-likeness (QED) is 0.931. The molecule has 3 nitrogen and oxygen atoms in total. The van der Waals surface area contributed by atoms with Crippen LogP contribution in [0.25, 0.3) is 0 Å². The fraction of sp³-hybridized carbons (Fsp3) is 0.562. The van der Waals surface area contributed by atoms with Gasteiger partial charge in [0.1, 0.15) is 0 Å². The van der Waals surface area contributed by atoms with Crippen LogP contribution in [0.5, 0.6) is 0 Å². The number of hydrogen-bond acceptors (Lipinski definition) is 2. The summed E-state index contributed by atoms with van der Waals surface area (Å²) in [6, 6.07) is 9.51. The van der Waals surface area contributed by atoms with Crippen molar-refractivity contribution in [3.8, 4) is 0 Å². The van der Waals surface area contributed by atoms with E-state index in [0.29, 0.717) is 12.5 Å². The summed E-state index contributed by atoms with van der Waals surface area (Å²) in [4.78, 5) is 14.0. The summed E-state index contributed by atoms with van der Waals surface area (Å²) < 4.78 is 37.1. The molecule has 0 unspecified atom stereocenters. The van der Waals surface area contributed by atoms with E-state index >= 15 is 0 Å². The lowest BCUT2D eigenvalue weighted by Crippen LogP contribution is -2.35. The lowest BCUT2D eigenvalue weighted by atomic mass is 9.89. The molecule has 2 aliphatic rings. The first-order chi connectivity index (χ1) is 10.5. The molecule has 1 aromatic rings. The molecule has 120 valence electrons. The van der Waals surface area contributed by atoms with Gasteiger partial charge in [-0.05, 0) is 11.5 Å². The van der Waals surface area contributed by atoms with Gasteiger partial charge in [0.05, 0.1) is 12.5 Å². The van der Waals surface area contributed by atoms with Crippen molar-refractivity contribution in [1.82, 2.24) is 10.2 Å². The monoisotopic (exact) mass is 312 g/mol. The first kappa shape index (κ1) is 15.3. The first-order valence-corrected chi connectivity index (χ1v) is 7.57. The van der Waals surface area contributed by atoms with E-state index in [2.05, 4.69) is 5.32 Å².